The Morgan fingerprint density at radius 1 is 0.875 bits per heavy atom. The van der Waals surface area contributed by atoms with Crippen molar-refractivity contribution in [2.24, 2.45) is 0 Å². The Hall–Kier alpha value is -3.61. The molecule has 0 saturated heterocycles. The van der Waals surface area contributed by atoms with Crippen LogP contribution in [-0.2, 0) is 0 Å². The van der Waals surface area contributed by atoms with Crippen LogP contribution < -0.4 is 5.73 Å². The van der Waals surface area contributed by atoms with Gasteiger partial charge in [-0.05, 0) is 48.5 Å². The number of phenols is 2. The minimum absolute atomic E-state index is 0.0000638. The third kappa shape index (κ3) is 2.82. The number of carbonyl (C=O) groups is 2. The highest BCUT2D eigenvalue weighted by Gasteiger charge is 2.25. The number of aromatic nitrogens is 2. The minimum atomic E-state index is -0.798. The van der Waals surface area contributed by atoms with Crippen LogP contribution in [0.15, 0.2) is 48.5 Å². The van der Waals surface area contributed by atoms with Crippen LogP contribution >= 0.6 is 0 Å². The number of ketones is 2. The molecule has 3 rings (SSSR count). The SMILES string of the molecule is Nc1nc(-c2ccc(O)cc2)c(C(=O)C(=O)c2ccc(O)cc2)[nH]1. The fourth-order valence-electron chi connectivity index (χ4n) is 2.24. The van der Waals surface area contributed by atoms with Gasteiger partial charge in [0.05, 0.1) is 0 Å². The predicted molar refractivity (Wildman–Crippen MR) is 86.9 cm³/mol. The second-order valence-corrected chi connectivity index (χ2v) is 5.10. The van der Waals surface area contributed by atoms with Gasteiger partial charge in [0.25, 0.3) is 5.78 Å². The molecule has 0 aliphatic carbocycles. The Morgan fingerprint density at radius 3 is 2.00 bits per heavy atom. The number of nitrogen functional groups attached to an aromatic ring is 1. The first-order valence-electron chi connectivity index (χ1n) is 6.98. The van der Waals surface area contributed by atoms with E-state index in [9.17, 15) is 19.8 Å². The van der Waals surface area contributed by atoms with Gasteiger partial charge in [0.1, 0.15) is 22.9 Å². The van der Waals surface area contributed by atoms with E-state index in [4.69, 9.17) is 5.73 Å². The Morgan fingerprint density at radius 2 is 1.42 bits per heavy atom. The van der Waals surface area contributed by atoms with Gasteiger partial charge in [-0.3, -0.25) is 9.59 Å². The topological polar surface area (TPSA) is 129 Å². The van der Waals surface area contributed by atoms with Crippen LogP contribution in [0.2, 0.25) is 0 Å². The van der Waals surface area contributed by atoms with Crippen molar-refractivity contribution >= 4 is 17.5 Å². The van der Waals surface area contributed by atoms with Crippen molar-refractivity contribution in [2.75, 3.05) is 5.73 Å². The number of aromatic amines is 1. The molecule has 0 bridgehead atoms. The van der Waals surface area contributed by atoms with Crippen molar-refractivity contribution in [3.05, 3.63) is 59.8 Å². The van der Waals surface area contributed by atoms with Gasteiger partial charge in [0.15, 0.2) is 5.95 Å². The number of carbonyl (C=O) groups excluding carboxylic acids is 2. The van der Waals surface area contributed by atoms with Crippen molar-refractivity contribution < 1.29 is 19.8 Å². The molecule has 0 spiro atoms. The molecular weight excluding hydrogens is 310 g/mol. The lowest BCUT2D eigenvalue weighted by Gasteiger charge is -2.03. The first-order chi connectivity index (χ1) is 11.5. The van der Waals surface area contributed by atoms with Crippen molar-refractivity contribution in [1.82, 2.24) is 9.97 Å². The number of hydrogen-bond donors (Lipinski definition) is 4. The van der Waals surface area contributed by atoms with E-state index in [0.717, 1.165) is 0 Å². The summed E-state index contributed by atoms with van der Waals surface area (Å²) in [6.45, 7) is 0. The average Bonchev–Trinajstić information content (AvgIpc) is 2.96. The Kier molecular flexibility index (Phi) is 3.75. The first kappa shape index (κ1) is 15.3. The number of nitrogens with two attached hydrogens (primary N) is 1. The maximum atomic E-state index is 12.5. The van der Waals surface area contributed by atoms with Crippen LogP contribution in [0, 0.1) is 0 Å². The van der Waals surface area contributed by atoms with Gasteiger partial charge in [-0.15, -0.1) is 0 Å². The summed E-state index contributed by atoms with van der Waals surface area (Å²) in [6, 6.07) is 11.4. The predicted octanol–water partition coefficient (Wildman–Crippen LogP) is 2.14. The number of hydrogen-bond acceptors (Lipinski definition) is 6. The van der Waals surface area contributed by atoms with Crippen molar-refractivity contribution in [3.63, 3.8) is 0 Å². The summed E-state index contributed by atoms with van der Waals surface area (Å²) < 4.78 is 0. The number of aromatic hydroxyl groups is 2. The number of rotatable bonds is 4. The number of anilines is 1. The van der Waals surface area contributed by atoms with E-state index in [1.54, 1.807) is 12.1 Å². The molecule has 0 fully saturated rings. The summed E-state index contributed by atoms with van der Waals surface area (Å²) in [6.07, 6.45) is 0. The molecule has 7 heteroatoms. The quantitative estimate of drug-likeness (QED) is 0.430. The van der Waals surface area contributed by atoms with Gasteiger partial charge in [0, 0.05) is 11.1 Å². The molecule has 2 aromatic carbocycles. The van der Waals surface area contributed by atoms with E-state index in [2.05, 4.69) is 9.97 Å². The number of phenolic OH excluding ortho intramolecular Hbond substituents is 2. The lowest BCUT2D eigenvalue weighted by atomic mass is 10.0. The number of Topliss-reactive ketones (excluding diaryl/α,β-unsaturated/α-hetero) is 2. The summed E-state index contributed by atoms with van der Waals surface area (Å²) >= 11 is 0. The molecule has 120 valence electrons. The molecule has 0 radical (unpaired) electrons. The fourth-order valence-corrected chi connectivity index (χ4v) is 2.24. The van der Waals surface area contributed by atoms with Gasteiger partial charge in [-0.25, -0.2) is 4.98 Å². The zero-order chi connectivity index (χ0) is 17.3. The molecule has 0 saturated carbocycles. The van der Waals surface area contributed by atoms with E-state index in [-0.39, 0.29) is 34.4 Å². The maximum Gasteiger partial charge on any atom is 0.251 e. The number of nitrogens with one attached hydrogen (secondary N) is 1. The fraction of sp³-hybridized carbons (Fsp3) is 0. The van der Waals surface area contributed by atoms with E-state index < -0.39 is 11.6 Å². The monoisotopic (exact) mass is 323 g/mol. The highest BCUT2D eigenvalue weighted by molar-refractivity contribution is 6.49. The molecule has 0 atom stereocenters. The summed E-state index contributed by atoms with van der Waals surface area (Å²) in [4.78, 5) is 31.5. The second kappa shape index (κ2) is 5.88. The highest BCUT2D eigenvalue weighted by Crippen LogP contribution is 2.25. The number of nitrogens with zero attached hydrogens (tertiary/aromatic N) is 1. The summed E-state index contributed by atoms with van der Waals surface area (Å²) in [5.74, 6) is -1.49. The molecule has 1 heterocycles. The highest BCUT2D eigenvalue weighted by atomic mass is 16.3. The third-order valence-electron chi connectivity index (χ3n) is 3.43. The Bertz CT molecular complexity index is 912. The molecule has 5 N–H and O–H groups in total. The van der Waals surface area contributed by atoms with Gasteiger partial charge in [-0.1, -0.05) is 0 Å². The lowest BCUT2D eigenvalue weighted by molar-refractivity contribution is 0.0814. The number of H-pyrrole nitrogens is 1. The smallest absolute Gasteiger partial charge is 0.251 e. The summed E-state index contributed by atoms with van der Waals surface area (Å²) in [5, 5.41) is 18.6. The average molecular weight is 323 g/mol. The van der Waals surface area contributed by atoms with E-state index in [1.807, 2.05) is 0 Å². The Balaban J connectivity index is 2.00. The zero-order valence-corrected chi connectivity index (χ0v) is 12.4. The molecule has 0 aliphatic rings. The summed E-state index contributed by atoms with van der Waals surface area (Å²) in [5.41, 5.74) is 6.50. The Labute approximate surface area is 136 Å². The first-order valence-corrected chi connectivity index (χ1v) is 6.98. The van der Waals surface area contributed by atoms with Gasteiger partial charge < -0.3 is 20.9 Å². The normalized spacial score (nSPS) is 10.5. The van der Waals surface area contributed by atoms with Crippen molar-refractivity contribution in [2.45, 2.75) is 0 Å². The van der Waals surface area contributed by atoms with Crippen LogP contribution in [0.3, 0.4) is 0 Å². The molecule has 3 aromatic rings. The van der Waals surface area contributed by atoms with E-state index in [1.165, 1.54) is 36.4 Å². The lowest BCUT2D eigenvalue weighted by Crippen LogP contribution is -2.16. The van der Waals surface area contributed by atoms with Gasteiger partial charge >= 0.3 is 0 Å². The van der Waals surface area contributed by atoms with E-state index >= 15 is 0 Å². The molecule has 1 aromatic heterocycles. The van der Waals surface area contributed by atoms with Crippen LogP contribution in [0.5, 0.6) is 11.5 Å². The van der Waals surface area contributed by atoms with Crippen molar-refractivity contribution in [3.8, 4) is 22.8 Å². The molecule has 0 aliphatic heterocycles. The van der Waals surface area contributed by atoms with Crippen LogP contribution in [0.25, 0.3) is 11.3 Å². The van der Waals surface area contributed by atoms with Crippen molar-refractivity contribution in [1.29, 1.82) is 0 Å². The molecule has 7 nitrogen and oxygen atoms in total. The zero-order valence-electron chi connectivity index (χ0n) is 12.4. The molecule has 0 unspecified atom stereocenters. The third-order valence-corrected chi connectivity index (χ3v) is 3.43. The summed E-state index contributed by atoms with van der Waals surface area (Å²) in [7, 11) is 0. The van der Waals surface area contributed by atoms with E-state index in [0.29, 0.717) is 5.56 Å². The molecule has 24 heavy (non-hydrogen) atoms. The largest absolute Gasteiger partial charge is 0.508 e. The van der Waals surface area contributed by atoms with Gasteiger partial charge in [-0.2, -0.15) is 0 Å². The maximum absolute atomic E-state index is 12.5. The molecule has 0 amide bonds. The molecular formula is C17H13N3O4. The number of benzene rings is 2. The van der Waals surface area contributed by atoms with Crippen LogP contribution in [-0.4, -0.2) is 31.7 Å². The minimum Gasteiger partial charge on any atom is -0.508 e. The van der Waals surface area contributed by atoms with Crippen LogP contribution in [0.1, 0.15) is 20.8 Å². The van der Waals surface area contributed by atoms with Crippen LogP contribution in [0.4, 0.5) is 5.95 Å². The van der Waals surface area contributed by atoms with Gasteiger partial charge in [0.2, 0.25) is 5.78 Å². The standard InChI is InChI=1S/C17H13N3O4/c18-17-19-13(9-1-5-11(21)6-2-9)14(20-17)16(24)15(23)10-3-7-12(22)8-4-10/h1-8,21-22H,(H3,18,19,20). The second-order valence-electron chi connectivity index (χ2n) is 5.10. The number of imidazole rings is 1.